The fourth-order valence-corrected chi connectivity index (χ4v) is 1.72. The van der Waals surface area contributed by atoms with Gasteiger partial charge in [-0.25, -0.2) is 0 Å². The first kappa shape index (κ1) is 11.4. The van der Waals surface area contributed by atoms with Crippen molar-refractivity contribution in [2.75, 3.05) is 0 Å². The van der Waals surface area contributed by atoms with E-state index in [4.69, 9.17) is 16.9 Å². The Bertz CT molecular complexity index is 583. The summed E-state index contributed by atoms with van der Waals surface area (Å²) in [4.78, 5) is 4.00. The number of aromatic nitrogens is 1. The van der Waals surface area contributed by atoms with Crippen LogP contribution < -0.4 is 0 Å². The third kappa shape index (κ3) is 2.72. The molecule has 2 aromatic rings. The summed E-state index contributed by atoms with van der Waals surface area (Å²) >= 11 is 6.06. The molecule has 17 heavy (non-hydrogen) atoms. The van der Waals surface area contributed by atoms with Gasteiger partial charge >= 0.3 is 0 Å². The molecule has 0 amide bonds. The second-order valence-electron chi connectivity index (χ2n) is 3.44. The average molecular weight is 241 g/mol. The van der Waals surface area contributed by atoms with E-state index in [1.807, 2.05) is 30.3 Å². The summed E-state index contributed by atoms with van der Waals surface area (Å²) in [5.41, 5.74) is 2.15. The van der Waals surface area contributed by atoms with Crippen molar-refractivity contribution in [3.63, 3.8) is 0 Å². The van der Waals surface area contributed by atoms with E-state index >= 15 is 0 Å². The van der Waals surface area contributed by atoms with Gasteiger partial charge < -0.3 is 0 Å². The number of nitrogens with zero attached hydrogens (tertiary/aromatic N) is 2. The van der Waals surface area contributed by atoms with Crippen LogP contribution in [-0.2, 0) is 0 Å². The normalized spacial score (nSPS) is 10.9. The van der Waals surface area contributed by atoms with Crippen molar-refractivity contribution in [1.82, 2.24) is 4.98 Å². The Morgan fingerprint density at radius 2 is 2.06 bits per heavy atom. The smallest absolute Gasteiger partial charge is 0.0998 e. The number of halogens is 1. The average Bonchev–Trinajstić information content (AvgIpc) is 2.38. The predicted molar refractivity (Wildman–Crippen MR) is 69.2 cm³/mol. The first-order valence-corrected chi connectivity index (χ1v) is 5.46. The van der Waals surface area contributed by atoms with E-state index in [1.165, 1.54) is 0 Å². The molecule has 0 unspecified atom stereocenters. The van der Waals surface area contributed by atoms with Crippen LogP contribution in [0.3, 0.4) is 0 Å². The van der Waals surface area contributed by atoms with E-state index in [-0.39, 0.29) is 0 Å². The molecular weight excluding hydrogens is 232 g/mol. The topological polar surface area (TPSA) is 36.7 Å². The second-order valence-corrected chi connectivity index (χ2v) is 3.84. The van der Waals surface area contributed by atoms with Gasteiger partial charge in [-0.05, 0) is 23.8 Å². The lowest BCUT2D eigenvalue weighted by Crippen LogP contribution is -1.84. The first-order chi connectivity index (χ1) is 8.31. The van der Waals surface area contributed by atoms with Crippen LogP contribution in [0.1, 0.15) is 11.1 Å². The molecule has 1 aromatic carbocycles. The van der Waals surface area contributed by atoms with Gasteiger partial charge in [0.1, 0.15) is 0 Å². The van der Waals surface area contributed by atoms with Crippen LogP contribution in [0.5, 0.6) is 0 Å². The van der Waals surface area contributed by atoms with Crippen molar-refractivity contribution in [2.45, 2.75) is 0 Å². The molecule has 0 aliphatic heterocycles. The van der Waals surface area contributed by atoms with Crippen molar-refractivity contribution in [2.24, 2.45) is 0 Å². The first-order valence-electron chi connectivity index (χ1n) is 5.08. The molecular formula is C14H9ClN2. The zero-order valence-corrected chi connectivity index (χ0v) is 9.72. The van der Waals surface area contributed by atoms with Gasteiger partial charge in [-0.15, -0.1) is 0 Å². The highest BCUT2D eigenvalue weighted by atomic mass is 35.5. The molecule has 0 bridgehead atoms. The molecule has 0 atom stereocenters. The molecule has 82 valence electrons. The van der Waals surface area contributed by atoms with Gasteiger partial charge in [0.25, 0.3) is 0 Å². The minimum Gasteiger partial charge on any atom is -0.264 e. The summed E-state index contributed by atoms with van der Waals surface area (Å²) in [5, 5.41) is 9.74. The largest absolute Gasteiger partial charge is 0.264 e. The number of pyridine rings is 1. The summed E-state index contributed by atoms with van der Waals surface area (Å²) in [6.45, 7) is 0. The Morgan fingerprint density at radius 3 is 2.71 bits per heavy atom. The van der Waals surface area contributed by atoms with E-state index in [9.17, 15) is 0 Å². The van der Waals surface area contributed by atoms with Crippen LogP contribution in [0.25, 0.3) is 11.6 Å². The third-order valence-electron chi connectivity index (χ3n) is 2.28. The Morgan fingerprint density at radius 1 is 1.24 bits per heavy atom. The maximum atomic E-state index is 9.17. The van der Waals surface area contributed by atoms with Crippen LogP contribution >= 0.6 is 11.6 Å². The zero-order chi connectivity index (χ0) is 12.1. The van der Waals surface area contributed by atoms with E-state index in [2.05, 4.69) is 11.1 Å². The lowest BCUT2D eigenvalue weighted by atomic mass is 10.0. The van der Waals surface area contributed by atoms with Crippen molar-refractivity contribution >= 4 is 23.3 Å². The fraction of sp³-hybridized carbons (Fsp3) is 0. The van der Waals surface area contributed by atoms with Gasteiger partial charge in [-0.3, -0.25) is 4.98 Å². The van der Waals surface area contributed by atoms with E-state index in [1.54, 1.807) is 24.5 Å². The van der Waals surface area contributed by atoms with E-state index in [0.29, 0.717) is 10.6 Å². The molecule has 0 aliphatic rings. The summed E-state index contributed by atoms with van der Waals surface area (Å²) in [5.74, 6) is 0. The summed E-state index contributed by atoms with van der Waals surface area (Å²) in [7, 11) is 0. The number of hydrogen-bond acceptors (Lipinski definition) is 2. The third-order valence-corrected chi connectivity index (χ3v) is 2.61. The Kier molecular flexibility index (Phi) is 3.54. The molecule has 2 rings (SSSR count). The number of rotatable bonds is 2. The number of hydrogen-bond donors (Lipinski definition) is 0. The summed E-state index contributed by atoms with van der Waals surface area (Å²) in [6.07, 6.45) is 5.17. The lowest BCUT2D eigenvalue weighted by Gasteiger charge is -2.01. The van der Waals surface area contributed by atoms with Gasteiger partial charge in [0.2, 0.25) is 0 Å². The Hall–Kier alpha value is -2.11. The lowest BCUT2D eigenvalue weighted by molar-refractivity contribution is 1.32. The molecule has 2 nitrogen and oxygen atoms in total. The van der Waals surface area contributed by atoms with Crippen molar-refractivity contribution in [3.8, 4) is 6.07 Å². The highest BCUT2D eigenvalue weighted by Gasteiger charge is 2.04. The van der Waals surface area contributed by atoms with Gasteiger partial charge in [0.05, 0.1) is 11.6 Å². The molecule has 0 saturated carbocycles. The number of allylic oxidation sites excluding steroid dienone is 1. The molecule has 0 fully saturated rings. The fourth-order valence-electron chi connectivity index (χ4n) is 1.48. The molecule has 0 saturated heterocycles. The monoisotopic (exact) mass is 240 g/mol. The van der Waals surface area contributed by atoms with Crippen molar-refractivity contribution < 1.29 is 0 Å². The molecule has 1 aromatic heterocycles. The highest BCUT2D eigenvalue weighted by Crippen LogP contribution is 2.24. The number of nitriles is 1. The standard InChI is InChI=1S/C14H9ClN2/c15-14-6-2-1-5-13(14)12(9-16)8-11-4-3-7-17-10-11/h1-8,10H. The van der Waals surface area contributed by atoms with Crippen LogP contribution in [0.2, 0.25) is 5.02 Å². The minimum atomic E-state index is 0.531. The highest BCUT2D eigenvalue weighted by molar-refractivity contribution is 6.32. The van der Waals surface area contributed by atoms with Crippen molar-refractivity contribution in [1.29, 1.82) is 5.26 Å². The summed E-state index contributed by atoms with van der Waals surface area (Å²) < 4.78 is 0. The van der Waals surface area contributed by atoms with Crippen LogP contribution in [0.15, 0.2) is 48.8 Å². The van der Waals surface area contributed by atoms with Gasteiger partial charge in [0.15, 0.2) is 0 Å². The van der Waals surface area contributed by atoms with Crippen molar-refractivity contribution in [3.05, 3.63) is 64.9 Å². The minimum absolute atomic E-state index is 0.531. The molecule has 0 radical (unpaired) electrons. The molecule has 0 N–H and O–H groups in total. The van der Waals surface area contributed by atoms with Gasteiger partial charge in [-0.1, -0.05) is 35.9 Å². The summed E-state index contributed by atoms with van der Waals surface area (Å²) in [6, 6.07) is 13.2. The maximum absolute atomic E-state index is 9.17. The quantitative estimate of drug-likeness (QED) is 0.749. The zero-order valence-electron chi connectivity index (χ0n) is 8.97. The van der Waals surface area contributed by atoms with E-state index < -0.39 is 0 Å². The molecule has 1 heterocycles. The van der Waals surface area contributed by atoms with E-state index in [0.717, 1.165) is 11.1 Å². The number of benzene rings is 1. The maximum Gasteiger partial charge on any atom is 0.0998 e. The van der Waals surface area contributed by atoms with Gasteiger partial charge in [-0.2, -0.15) is 5.26 Å². The van der Waals surface area contributed by atoms with Crippen LogP contribution in [0.4, 0.5) is 0 Å². The molecule has 3 heteroatoms. The molecule has 0 spiro atoms. The Labute approximate surface area is 105 Å². The Balaban J connectivity index is 2.46. The molecule has 0 aliphatic carbocycles. The second kappa shape index (κ2) is 5.29. The van der Waals surface area contributed by atoms with Crippen LogP contribution in [-0.4, -0.2) is 4.98 Å². The predicted octanol–water partition coefficient (Wildman–Crippen LogP) is 3.80. The van der Waals surface area contributed by atoms with Crippen LogP contribution in [0, 0.1) is 11.3 Å². The van der Waals surface area contributed by atoms with Gasteiger partial charge in [0, 0.05) is 23.0 Å². The SMILES string of the molecule is N#CC(=Cc1cccnc1)c1ccccc1Cl.